The van der Waals surface area contributed by atoms with Gasteiger partial charge in [-0.15, -0.1) is 0 Å². The number of esters is 1. The van der Waals surface area contributed by atoms with Gasteiger partial charge in [-0.05, 0) is 13.3 Å². The molecule has 0 aliphatic rings. The number of hydrogen-bond acceptors (Lipinski definition) is 4. The van der Waals surface area contributed by atoms with Gasteiger partial charge in [-0.2, -0.15) is 0 Å². The number of carbonyl (C=O) groups excluding carboxylic acids is 1. The fraction of sp³-hybridized carbons (Fsp3) is 0.889. The molecule has 82 valence electrons. The fourth-order valence-corrected chi connectivity index (χ4v) is 1.33. The molecule has 0 bridgehead atoms. The van der Waals surface area contributed by atoms with Gasteiger partial charge in [0.25, 0.3) is 0 Å². The van der Waals surface area contributed by atoms with Crippen LogP contribution in [0.15, 0.2) is 0 Å². The zero-order valence-electron chi connectivity index (χ0n) is 8.69. The predicted octanol–water partition coefficient (Wildman–Crippen LogP) is 1.63. The van der Waals surface area contributed by atoms with Crippen molar-refractivity contribution in [2.24, 2.45) is 5.92 Å². The highest BCUT2D eigenvalue weighted by molar-refractivity contribution is 5.69. The van der Waals surface area contributed by atoms with Crippen LogP contribution in [0.4, 0.5) is 0 Å². The maximum Gasteiger partial charge on any atom is 0.306 e. The molecule has 1 atom stereocenters. The van der Waals surface area contributed by atoms with Crippen LogP contribution in [0.5, 0.6) is 0 Å². The molecular weight excluding hydrogens is 186 g/mol. The van der Waals surface area contributed by atoms with Crippen molar-refractivity contribution in [3.8, 4) is 0 Å². The maximum absolute atomic E-state index is 11.1. The minimum absolute atomic E-state index is 0.146. The van der Waals surface area contributed by atoms with Crippen molar-refractivity contribution in [2.75, 3.05) is 13.2 Å². The van der Waals surface area contributed by atoms with Crippen molar-refractivity contribution < 1.29 is 14.5 Å². The summed E-state index contributed by atoms with van der Waals surface area (Å²) in [7, 11) is 0. The molecule has 0 amide bonds. The lowest BCUT2D eigenvalue weighted by Gasteiger charge is -2.10. The average Bonchev–Trinajstić information content (AvgIpc) is 2.03. The minimum atomic E-state index is -0.375. The van der Waals surface area contributed by atoms with Crippen LogP contribution in [0, 0.1) is 16.0 Å². The van der Waals surface area contributed by atoms with E-state index in [1.165, 1.54) is 0 Å². The van der Waals surface area contributed by atoms with E-state index in [2.05, 4.69) is 0 Å². The van der Waals surface area contributed by atoms with Crippen LogP contribution in [0.25, 0.3) is 0 Å². The molecule has 0 saturated heterocycles. The monoisotopic (exact) mass is 203 g/mol. The third-order valence-electron chi connectivity index (χ3n) is 1.86. The topological polar surface area (TPSA) is 69.4 Å². The van der Waals surface area contributed by atoms with E-state index in [-0.39, 0.29) is 29.8 Å². The largest absolute Gasteiger partial charge is 0.466 e. The van der Waals surface area contributed by atoms with Crippen molar-refractivity contribution >= 4 is 5.97 Å². The molecule has 5 nitrogen and oxygen atoms in total. The van der Waals surface area contributed by atoms with Crippen LogP contribution in [0.1, 0.15) is 33.1 Å². The second-order valence-corrected chi connectivity index (χ2v) is 3.18. The van der Waals surface area contributed by atoms with Crippen LogP contribution in [-0.2, 0) is 9.53 Å². The fourth-order valence-electron chi connectivity index (χ4n) is 1.33. The Labute approximate surface area is 83.6 Å². The highest BCUT2D eigenvalue weighted by atomic mass is 16.6. The van der Waals surface area contributed by atoms with E-state index < -0.39 is 0 Å². The number of carbonyl (C=O) groups is 1. The van der Waals surface area contributed by atoms with E-state index in [1.54, 1.807) is 6.92 Å². The Balaban J connectivity index is 3.94. The number of rotatable bonds is 7. The van der Waals surface area contributed by atoms with Gasteiger partial charge in [-0.1, -0.05) is 13.3 Å². The smallest absolute Gasteiger partial charge is 0.306 e. The summed E-state index contributed by atoms with van der Waals surface area (Å²) in [6.45, 7) is 3.85. The van der Waals surface area contributed by atoms with Crippen molar-refractivity contribution in [2.45, 2.75) is 33.1 Å². The number of nitro groups is 1. The molecule has 14 heavy (non-hydrogen) atoms. The first-order valence-electron chi connectivity index (χ1n) is 4.87. The first-order valence-corrected chi connectivity index (χ1v) is 4.87. The molecule has 0 radical (unpaired) electrons. The summed E-state index contributed by atoms with van der Waals surface area (Å²) in [6.07, 6.45) is 1.69. The number of hydrogen-bond donors (Lipinski definition) is 0. The van der Waals surface area contributed by atoms with Gasteiger partial charge in [0, 0.05) is 10.8 Å². The normalized spacial score (nSPS) is 12.1. The van der Waals surface area contributed by atoms with Crippen LogP contribution >= 0.6 is 0 Å². The standard InChI is InChI=1S/C9H17NO4/c1-3-5-8(7-10(12)13)6-9(11)14-4-2/h8H,3-7H2,1-2H3/t8-/m1/s1. The van der Waals surface area contributed by atoms with E-state index >= 15 is 0 Å². The summed E-state index contributed by atoms with van der Waals surface area (Å²) < 4.78 is 4.74. The molecule has 5 heteroatoms. The quantitative estimate of drug-likeness (QED) is 0.358. The lowest BCUT2D eigenvalue weighted by atomic mass is 10.0. The highest BCUT2D eigenvalue weighted by Gasteiger charge is 2.18. The van der Waals surface area contributed by atoms with E-state index in [9.17, 15) is 14.9 Å². The summed E-state index contributed by atoms with van der Waals surface area (Å²) in [5.41, 5.74) is 0. The zero-order valence-corrected chi connectivity index (χ0v) is 8.69. The van der Waals surface area contributed by atoms with Crippen molar-refractivity contribution in [3.05, 3.63) is 10.1 Å². The van der Waals surface area contributed by atoms with Crippen molar-refractivity contribution in [1.29, 1.82) is 0 Å². The molecular formula is C9H17NO4. The summed E-state index contributed by atoms with van der Waals surface area (Å²) in [4.78, 5) is 21.0. The second-order valence-electron chi connectivity index (χ2n) is 3.18. The van der Waals surface area contributed by atoms with E-state index in [0.29, 0.717) is 13.0 Å². The van der Waals surface area contributed by atoms with Crippen LogP contribution < -0.4 is 0 Å². The number of ether oxygens (including phenoxy) is 1. The Morgan fingerprint density at radius 1 is 1.50 bits per heavy atom. The highest BCUT2D eigenvalue weighted by Crippen LogP contribution is 2.12. The minimum Gasteiger partial charge on any atom is -0.466 e. The molecule has 0 fully saturated rings. The zero-order chi connectivity index (χ0) is 11.0. The molecule has 0 aliphatic heterocycles. The van der Waals surface area contributed by atoms with Gasteiger partial charge in [-0.25, -0.2) is 0 Å². The SMILES string of the molecule is CCC[C@H](CC(=O)OCC)C[N+](=O)[O-]. The van der Waals surface area contributed by atoms with Crippen LogP contribution in [0.2, 0.25) is 0 Å². The Bertz CT molecular complexity index is 193. The first-order chi connectivity index (χ1) is 6.60. The van der Waals surface area contributed by atoms with Gasteiger partial charge in [0.15, 0.2) is 0 Å². The molecule has 0 aliphatic carbocycles. The molecule has 0 N–H and O–H groups in total. The third-order valence-corrected chi connectivity index (χ3v) is 1.86. The van der Waals surface area contributed by atoms with Gasteiger partial charge in [0.1, 0.15) is 0 Å². The molecule has 0 spiro atoms. The van der Waals surface area contributed by atoms with Gasteiger partial charge >= 0.3 is 5.97 Å². The summed E-state index contributed by atoms with van der Waals surface area (Å²) in [5.74, 6) is -0.526. The van der Waals surface area contributed by atoms with Crippen molar-refractivity contribution in [1.82, 2.24) is 0 Å². The maximum atomic E-state index is 11.1. The molecule has 0 aromatic rings. The van der Waals surface area contributed by atoms with E-state index in [1.807, 2.05) is 6.92 Å². The lowest BCUT2D eigenvalue weighted by molar-refractivity contribution is -0.488. The summed E-state index contributed by atoms with van der Waals surface area (Å²) in [6, 6.07) is 0. The molecule has 0 aromatic heterocycles. The Morgan fingerprint density at radius 3 is 2.57 bits per heavy atom. The van der Waals surface area contributed by atoms with Crippen LogP contribution in [0.3, 0.4) is 0 Å². The average molecular weight is 203 g/mol. The molecule has 0 unspecified atom stereocenters. The molecule has 0 heterocycles. The summed E-state index contributed by atoms with van der Waals surface area (Å²) in [5, 5.41) is 10.3. The molecule has 0 saturated carbocycles. The Kier molecular flexibility index (Phi) is 6.70. The Hall–Kier alpha value is -1.13. The van der Waals surface area contributed by atoms with Gasteiger partial charge in [0.2, 0.25) is 6.54 Å². The number of nitrogens with zero attached hydrogens (tertiary/aromatic N) is 1. The third kappa shape index (κ3) is 6.39. The van der Waals surface area contributed by atoms with E-state index in [0.717, 1.165) is 6.42 Å². The van der Waals surface area contributed by atoms with Crippen molar-refractivity contribution in [3.63, 3.8) is 0 Å². The predicted molar refractivity (Wildman–Crippen MR) is 51.5 cm³/mol. The first kappa shape index (κ1) is 12.9. The molecule has 0 rings (SSSR count). The lowest BCUT2D eigenvalue weighted by Crippen LogP contribution is -2.19. The van der Waals surface area contributed by atoms with Gasteiger partial charge in [-0.3, -0.25) is 14.9 Å². The van der Waals surface area contributed by atoms with Crippen LogP contribution in [-0.4, -0.2) is 24.0 Å². The van der Waals surface area contributed by atoms with E-state index in [4.69, 9.17) is 4.74 Å². The second kappa shape index (κ2) is 7.29. The summed E-state index contributed by atoms with van der Waals surface area (Å²) >= 11 is 0. The van der Waals surface area contributed by atoms with Gasteiger partial charge in [0.05, 0.1) is 13.0 Å². The molecule has 0 aromatic carbocycles. The Morgan fingerprint density at radius 2 is 2.14 bits per heavy atom. The van der Waals surface area contributed by atoms with Gasteiger partial charge < -0.3 is 4.74 Å².